The first-order chi connectivity index (χ1) is 32.9. The average molecular weight is 856 g/mol. The lowest BCUT2D eigenvalue weighted by Crippen LogP contribution is -2.28. The number of hydrogen-bond acceptors (Lipinski definition) is 1. The second-order valence-electron chi connectivity index (χ2n) is 19.3. The number of hydrogen-bond donors (Lipinski definition) is 0. The Morgan fingerprint density at radius 3 is 1.39 bits per heavy atom. The van der Waals surface area contributed by atoms with Crippen LogP contribution in [0.15, 0.2) is 243 Å². The summed E-state index contributed by atoms with van der Waals surface area (Å²) in [4.78, 5) is 2.49. The van der Waals surface area contributed by atoms with Gasteiger partial charge in [0.2, 0.25) is 0 Å². The summed E-state index contributed by atoms with van der Waals surface area (Å²) < 4.78 is 0. The number of rotatable bonds is 7. The average Bonchev–Trinajstić information content (AvgIpc) is 3.93. The lowest BCUT2D eigenvalue weighted by molar-refractivity contribution is 0.662. The summed E-state index contributed by atoms with van der Waals surface area (Å²) in [6, 6.07) is 90.8. The zero-order valence-corrected chi connectivity index (χ0v) is 38.0. The fourth-order valence-corrected chi connectivity index (χ4v) is 12.6. The van der Waals surface area contributed by atoms with Gasteiger partial charge in [-0.25, -0.2) is 0 Å². The maximum atomic E-state index is 2.49. The lowest BCUT2D eigenvalue weighted by atomic mass is 9.68. The van der Waals surface area contributed by atoms with E-state index in [1.165, 1.54) is 94.6 Å². The van der Waals surface area contributed by atoms with Crippen molar-refractivity contribution in [2.75, 3.05) is 4.90 Å². The molecule has 67 heavy (non-hydrogen) atoms. The zero-order valence-electron chi connectivity index (χ0n) is 38.0. The molecule has 0 amide bonds. The van der Waals surface area contributed by atoms with Crippen LogP contribution in [0.1, 0.15) is 70.8 Å². The van der Waals surface area contributed by atoms with Gasteiger partial charge in [0.25, 0.3) is 0 Å². The molecular weight excluding hydrogens is 807 g/mol. The van der Waals surface area contributed by atoms with Crippen LogP contribution >= 0.6 is 0 Å². The molecule has 1 nitrogen and oxygen atoms in total. The van der Waals surface area contributed by atoms with Crippen molar-refractivity contribution in [3.05, 3.63) is 293 Å². The Labute approximate surface area is 394 Å². The number of anilines is 3. The van der Waals surface area contributed by atoms with Gasteiger partial charge in [0.1, 0.15) is 0 Å². The summed E-state index contributed by atoms with van der Waals surface area (Å²) in [7, 11) is 0. The van der Waals surface area contributed by atoms with E-state index in [-0.39, 0.29) is 10.8 Å². The molecule has 318 valence electrons. The van der Waals surface area contributed by atoms with E-state index < -0.39 is 5.41 Å². The van der Waals surface area contributed by atoms with Crippen molar-refractivity contribution in [2.45, 2.75) is 37.0 Å². The standard InChI is InChI=1S/C66H49N/c1-64(2)58-31-16-13-27-53(58)56-30-19-29-51(63(56)64)44-34-36-48(37-35-44)67(50-38-40-55-52-26-14-17-32-59(52)65(3,62(55)43-50)45-20-7-4-8-21-45)49-39-41-61-57(42-49)54-28-15-18-33-60(54)66(61,46-22-9-5-10-23-46)47-24-11-6-12-25-47/h4-43H,1-3H3. The summed E-state index contributed by atoms with van der Waals surface area (Å²) in [5.74, 6) is 0. The summed E-state index contributed by atoms with van der Waals surface area (Å²) in [6.07, 6.45) is 0. The van der Waals surface area contributed by atoms with Gasteiger partial charge in [0.15, 0.2) is 0 Å². The minimum atomic E-state index is -0.473. The third kappa shape index (κ3) is 5.55. The van der Waals surface area contributed by atoms with Crippen molar-refractivity contribution >= 4 is 17.1 Å². The maximum Gasteiger partial charge on any atom is 0.0713 e. The molecule has 1 atom stereocenters. The fraction of sp³-hybridized carbons (Fsp3) is 0.0909. The molecule has 3 aliphatic rings. The highest BCUT2D eigenvalue weighted by Crippen LogP contribution is 2.59. The van der Waals surface area contributed by atoms with Crippen molar-refractivity contribution in [1.29, 1.82) is 0 Å². The van der Waals surface area contributed by atoms with Crippen LogP contribution in [0.5, 0.6) is 0 Å². The molecule has 0 saturated carbocycles. The predicted molar refractivity (Wildman–Crippen MR) is 279 cm³/mol. The van der Waals surface area contributed by atoms with E-state index in [2.05, 4.69) is 268 Å². The fourth-order valence-electron chi connectivity index (χ4n) is 12.6. The highest BCUT2D eigenvalue weighted by Gasteiger charge is 2.47. The molecule has 10 aromatic carbocycles. The smallest absolute Gasteiger partial charge is 0.0713 e. The molecule has 0 fully saturated rings. The lowest BCUT2D eigenvalue weighted by Gasteiger charge is -2.34. The van der Waals surface area contributed by atoms with Crippen molar-refractivity contribution in [2.24, 2.45) is 0 Å². The Morgan fingerprint density at radius 1 is 0.284 bits per heavy atom. The first-order valence-corrected chi connectivity index (χ1v) is 23.7. The third-order valence-corrected chi connectivity index (χ3v) is 15.6. The first-order valence-electron chi connectivity index (χ1n) is 23.7. The Kier molecular flexibility index (Phi) is 8.67. The van der Waals surface area contributed by atoms with Crippen LogP contribution in [-0.2, 0) is 16.2 Å². The second-order valence-corrected chi connectivity index (χ2v) is 19.3. The van der Waals surface area contributed by atoms with Crippen LogP contribution in [0, 0.1) is 0 Å². The molecule has 0 aliphatic heterocycles. The first kappa shape index (κ1) is 39.4. The van der Waals surface area contributed by atoms with Crippen LogP contribution in [0.4, 0.5) is 17.1 Å². The van der Waals surface area contributed by atoms with Crippen LogP contribution in [-0.4, -0.2) is 0 Å². The van der Waals surface area contributed by atoms with Gasteiger partial charge in [-0.3, -0.25) is 0 Å². The molecule has 0 aromatic heterocycles. The molecule has 1 heteroatoms. The normalized spacial score (nSPS) is 16.3. The van der Waals surface area contributed by atoms with Gasteiger partial charge in [0, 0.05) is 27.9 Å². The highest BCUT2D eigenvalue weighted by atomic mass is 15.1. The molecule has 1 unspecified atom stereocenters. The SMILES string of the molecule is CC1(C)c2ccccc2-c2cccc(-c3ccc(N(c4ccc5c(c4)-c4ccccc4C5(c4ccccc4)c4ccccc4)c4ccc5c(c4)C(C)(c4ccccc4)c4ccccc4-5)cc3)c21. The summed E-state index contributed by atoms with van der Waals surface area (Å²) >= 11 is 0. The van der Waals surface area contributed by atoms with E-state index in [0.717, 1.165) is 17.1 Å². The molecule has 0 saturated heterocycles. The van der Waals surface area contributed by atoms with Gasteiger partial charge >= 0.3 is 0 Å². The van der Waals surface area contributed by atoms with E-state index in [1.54, 1.807) is 0 Å². The number of benzene rings is 10. The summed E-state index contributed by atoms with van der Waals surface area (Å²) in [6.45, 7) is 7.17. The maximum absolute atomic E-state index is 2.49. The summed E-state index contributed by atoms with van der Waals surface area (Å²) in [5.41, 5.74) is 24.6. The van der Waals surface area contributed by atoms with E-state index in [9.17, 15) is 0 Å². The number of nitrogens with zero attached hydrogens (tertiary/aromatic N) is 1. The van der Waals surface area contributed by atoms with Gasteiger partial charge in [-0.1, -0.05) is 220 Å². The van der Waals surface area contributed by atoms with Crippen molar-refractivity contribution in [3.63, 3.8) is 0 Å². The van der Waals surface area contributed by atoms with Crippen molar-refractivity contribution in [3.8, 4) is 44.5 Å². The monoisotopic (exact) mass is 855 g/mol. The van der Waals surface area contributed by atoms with Crippen LogP contribution in [0.3, 0.4) is 0 Å². The molecule has 3 aliphatic carbocycles. The van der Waals surface area contributed by atoms with Crippen molar-refractivity contribution < 1.29 is 0 Å². The molecule has 0 radical (unpaired) electrons. The Bertz CT molecular complexity index is 3510. The molecule has 0 bridgehead atoms. The van der Waals surface area contributed by atoms with Gasteiger partial charge < -0.3 is 4.90 Å². The minimum Gasteiger partial charge on any atom is -0.310 e. The Balaban J connectivity index is 1.02. The third-order valence-electron chi connectivity index (χ3n) is 15.6. The van der Waals surface area contributed by atoms with Gasteiger partial charge in [-0.15, -0.1) is 0 Å². The molecule has 13 rings (SSSR count). The summed E-state index contributed by atoms with van der Waals surface area (Å²) in [5, 5.41) is 0. The van der Waals surface area contributed by atoms with E-state index in [4.69, 9.17) is 0 Å². The van der Waals surface area contributed by atoms with Gasteiger partial charge in [-0.05, 0) is 138 Å². The second kappa shape index (κ2) is 14.8. The Hall–Kier alpha value is -8.00. The molecular formula is C66H49N. The van der Waals surface area contributed by atoms with Crippen LogP contribution in [0.2, 0.25) is 0 Å². The van der Waals surface area contributed by atoms with Crippen LogP contribution in [0.25, 0.3) is 44.5 Å². The van der Waals surface area contributed by atoms with E-state index >= 15 is 0 Å². The van der Waals surface area contributed by atoms with Crippen LogP contribution < -0.4 is 4.90 Å². The Morgan fingerprint density at radius 2 is 0.731 bits per heavy atom. The largest absolute Gasteiger partial charge is 0.310 e. The predicted octanol–water partition coefficient (Wildman–Crippen LogP) is 16.8. The molecule has 0 spiro atoms. The molecule has 10 aromatic rings. The number of fused-ring (bicyclic) bond motifs is 9. The molecule has 0 heterocycles. The van der Waals surface area contributed by atoms with E-state index in [1.807, 2.05) is 0 Å². The topological polar surface area (TPSA) is 3.24 Å². The van der Waals surface area contributed by atoms with Gasteiger partial charge in [0.05, 0.1) is 5.41 Å². The quantitative estimate of drug-likeness (QED) is 0.154. The minimum absolute atomic E-state index is 0.115. The molecule has 0 N–H and O–H groups in total. The van der Waals surface area contributed by atoms with Gasteiger partial charge in [-0.2, -0.15) is 0 Å². The van der Waals surface area contributed by atoms with Crippen molar-refractivity contribution in [1.82, 2.24) is 0 Å². The van der Waals surface area contributed by atoms with E-state index in [0.29, 0.717) is 0 Å². The highest BCUT2D eigenvalue weighted by molar-refractivity contribution is 5.93. The zero-order chi connectivity index (χ0) is 44.9.